The van der Waals surface area contributed by atoms with Gasteiger partial charge in [-0.1, -0.05) is 48.5 Å². The molecular formula is C26H29NO4. The number of likely N-dealkylation sites (tertiary alicyclic amines) is 1. The summed E-state index contributed by atoms with van der Waals surface area (Å²) in [6.07, 6.45) is 0. The summed E-state index contributed by atoms with van der Waals surface area (Å²) in [5, 5.41) is 0. The molecule has 2 aromatic rings. The number of Topliss-reactive ketones (excluding diaryl/α,β-unsaturated/α-hetero) is 1. The topological polar surface area (TPSA) is 63.7 Å². The molecule has 162 valence electrons. The molecule has 0 radical (unpaired) electrons. The van der Waals surface area contributed by atoms with E-state index >= 15 is 0 Å². The number of aryl methyl sites for hydroxylation is 2. The zero-order valence-electron chi connectivity index (χ0n) is 18.8. The van der Waals surface area contributed by atoms with Crippen molar-refractivity contribution in [2.45, 2.75) is 52.7 Å². The lowest BCUT2D eigenvalue weighted by Crippen LogP contribution is -2.28. The molecule has 4 rings (SSSR count). The van der Waals surface area contributed by atoms with E-state index in [2.05, 4.69) is 0 Å². The van der Waals surface area contributed by atoms with Crippen LogP contribution >= 0.6 is 0 Å². The van der Waals surface area contributed by atoms with Crippen LogP contribution in [0.3, 0.4) is 0 Å². The van der Waals surface area contributed by atoms with Crippen LogP contribution in [0.15, 0.2) is 48.5 Å². The molecule has 2 aromatic carbocycles. The first-order chi connectivity index (χ1) is 14.5. The zero-order valence-corrected chi connectivity index (χ0v) is 18.8. The summed E-state index contributed by atoms with van der Waals surface area (Å²) in [7, 11) is 0. The number of carbonyl (C=O) groups excluding carboxylic acids is 3. The fourth-order valence-electron chi connectivity index (χ4n) is 4.81. The molecule has 1 aliphatic heterocycles. The van der Waals surface area contributed by atoms with Crippen LogP contribution in [0.2, 0.25) is 0 Å². The molecule has 0 bridgehead atoms. The second-order valence-corrected chi connectivity index (χ2v) is 9.85. The molecular weight excluding hydrogens is 390 g/mol. The van der Waals surface area contributed by atoms with Gasteiger partial charge in [-0.2, -0.15) is 0 Å². The van der Waals surface area contributed by atoms with E-state index in [1.807, 2.05) is 83.1 Å². The van der Waals surface area contributed by atoms with Crippen LogP contribution in [0.1, 0.15) is 48.9 Å². The van der Waals surface area contributed by atoms with E-state index in [4.69, 9.17) is 4.74 Å². The van der Waals surface area contributed by atoms with Crippen molar-refractivity contribution in [2.24, 2.45) is 11.3 Å². The van der Waals surface area contributed by atoms with Gasteiger partial charge in [-0.3, -0.25) is 14.4 Å². The fourth-order valence-corrected chi connectivity index (χ4v) is 4.81. The van der Waals surface area contributed by atoms with E-state index in [1.165, 1.54) is 0 Å². The van der Waals surface area contributed by atoms with Crippen molar-refractivity contribution < 1.29 is 19.1 Å². The third kappa shape index (κ3) is 3.67. The Morgan fingerprint density at radius 1 is 1.06 bits per heavy atom. The van der Waals surface area contributed by atoms with Gasteiger partial charge in [-0.25, -0.2) is 0 Å². The second-order valence-electron chi connectivity index (χ2n) is 9.85. The van der Waals surface area contributed by atoms with Crippen molar-refractivity contribution >= 4 is 17.7 Å². The standard InChI is InChI=1S/C26H29NO4/c1-16-11-12-19(13-17(16)2)20-21(24(30)31-25(3,4)5)26(20)15-27(23(29)22(26)28)14-18-9-7-6-8-10-18/h6-13,20-21H,14-15H2,1-5H3/t20-,21+,26-/m1/s1. The number of ketones is 1. The lowest BCUT2D eigenvalue weighted by atomic mass is 9.95. The Kier molecular flexibility index (Phi) is 5.03. The molecule has 1 spiro atoms. The van der Waals surface area contributed by atoms with Gasteiger partial charge < -0.3 is 9.64 Å². The minimum Gasteiger partial charge on any atom is -0.460 e. The van der Waals surface area contributed by atoms with Gasteiger partial charge in [0.2, 0.25) is 5.78 Å². The first-order valence-electron chi connectivity index (χ1n) is 10.7. The number of esters is 1. The molecule has 1 aliphatic carbocycles. The van der Waals surface area contributed by atoms with Crippen LogP contribution in [-0.4, -0.2) is 34.7 Å². The zero-order chi connectivity index (χ0) is 22.6. The Hall–Kier alpha value is -2.95. The lowest BCUT2D eigenvalue weighted by Gasteiger charge is -2.20. The van der Waals surface area contributed by atoms with Crippen molar-refractivity contribution in [1.29, 1.82) is 0 Å². The SMILES string of the molecule is Cc1ccc([C@@H]2[C@@H](C(=O)OC(C)(C)C)[C@@]23CN(Cc2ccccc2)C(=O)C3=O)cc1C. The number of rotatable bonds is 4. The molecule has 1 heterocycles. The Bertz CT molecular complexity index is 1050. The highest BCUT2D eigenvalue weighted by Crippen LogP contribution is 2.68. The highest BCUT2D eigenvalue weighted by molar-refractivity contribution is 6.42. The third-order valence-electron chi connectivity index (χ3n) is 6.46. The minimum atomic E-state index is -1.05. The van der Waals surface area contributed by atoms with E-state index in [1.54, 1.807) is 4.90 Å². The summed E-state index contributed by atoms with van der Waals surface area (Å²) < 4.78 is 5.67. The number of carbonyl (C=O) groups is 3. The smallest absolute Gasteiger partial charge is 0.311 e. The lowest BCUT2D eigenvalue weighted by molar-refractivity contribution is -0.158. The quantitative estimate of drug-likeness (QED) is 0.556. The van der Waals surface area contributed by atoms with E-state index in [9.17, 15) is 14.4 Å². The molecule has 5 heteroatoms. The van der Waals surface area contributed by atoms with Gasteiger partial charge in [0.25, 0.3) is 5.91 Å². The average molecular weight is 420 g/mol. The summed E-state index contributed by atoms with van der Waals surface area (Å²) in [5.74, 6) is -2.38. The summed E-state index contributed by atoms with van der Waals surface area (Å²) in [6, 6.07) is 15.6. The molecule has 31 heavy (non-hydrogen) atoms. The number of amides is 1. The predicted octanol–water partition coefficient (Wildman–Crippen LogP) is 3.96. The number of nitrogens with zero attached hydrogens (tertiary/aromatic N) is 1. The van der Waals surface area contributed by atoms with Gasteiger partial charge in [0, 0.05) is 19.0 Å². The third-order valence-corrected chi connectivity index (χ3v) is 6.46. The van der Waals surface area contributed by atoms with E-state index in [0.717, 1.165) is 22.3 Å². The number of hydrogen-bond donors (Lipinski definition) is 0. The second kappa shape index (κ2) is 7.33. The van der Waals surface area contributed by atoms with Crippen molar-refractivity contribution in [1.82, 2.24) is 4.90 Å². The van der Waals surface area contributed by atoms with E-state index in [-0.39, 0.29) is 12.5 Å². The maximum absolute atomic E-state index is 13.3. The van der Waals surface area contributed by atoms with Crippen molar-refractivity contribution in [2.75, 3.05) is 6.54 Å². The van der Waals surface area contributed by atoms with Crippen LogP contribution in [0.4, 0.5) is 0 Å². The summed E-state index contributed by atoms with van der Waals surface area (Å²) >= 11 is 0. The molecule has 5 nitrogen and oxygen atoms in total. The fraction of sp³-hybridized carbons (Fsp3) is 0.423. The Morgan fingerprint density at radius 3 is 2.35 bits per heavy atom. The predicted molar refractivity (Wildman–Crippen MR) is 117 cm³/mol. The van der Waals surface area contributed by atoms with Gasteiger partial charge in [0.05, 0.1) is 11.3 Å². The van der Waals surface area contributed by atoms with E-state index < -0.39 is 34.6 Å². The Morgan fingerprint density at radius 2 is 1.74 bits per heavy atom. The van der Waals surface area contributed by atoms with Crippen LogP contribution in [0.5, 0.6) is 0 Å². The Labute approximate surface area is 183 Å². The molecule has 1 amide bonds. The number of benzene rings is 2. The Balaban J connectivity index is 1.70. The van der Waals surface area contributed by atoms with Crippen LogP contribution in [-0.2, 0) is 25.7 Å². The molecule has 0 N–H and O–H groups in total. The molecule has 2 aliphatic rings. The van der Waals surface area contributed by atoms with Crippen molar-refractivity contribution in [3.8, 4) is 0 Å². The molecule has 1 saturated heterocycles. The summed E-state index contributed by atoms with van der Waals surface area (Å²) in [4.78, 5) is 41.0. The van der Waals surface area contributed by atoms with Gasteiger partial charge in [-0.05, 0) is 56.9 Å². The van der Waals surface area contributed by atoms with Gasteiger partial charge >= 0.3 is 5.97 Å². The van der Waals surface area contributed by atoms with Crippen LogP contribution < -0.4 is 0 Å². The average Bonchev–Trinajstić information content (AvgIpc) is 3.31. The maximum atomic E-state index is 13.3. The monoisotopic (exact) mass is 419 g/mol. The van der Waals surface area contributed by atoms with Gasteiger partial charge in [-0.15, -0.1) is 0 Å². The van der Waals surface area contributed by atoms with Gasteiger partial charge in [0.15, 0.2) is 0 Å². The largest absolute Gasteiger partial charge is 0.460 e. The molecule has 0 aromatic heterocycles. The summed E-state index contributed by atoms with van der Waals surface area (Å²) in [5.41, 5.74) is 2.41. The molecule has 1 saturated carbocycles. The molecule has 0 unspecified atom stereocenters. The van der Waals surface area contributed by atoms with E-state index in [0.29, 0.717) is 6.54 Å². The normalized spacial score (nSPS) is 25.3. The first kappa shape index (κ1) is 21.3. The van der Waals surface area contributed by atoms with Crippen LogP contribution in [0.25, 0.3) is 0 Å². The first-order valence-corrected chi connectivity index (χ1v) is 10.7. The molecule has 3 atom stereocenters. The highest BCUT2D eigenvalue weighted by Gasteiger charge is 2.78. The highest BCUT2D eigenvalue weighted by atomic mass is 16.6. The number of hydrogen-bond acceptors (Lipinski definition) is 4. The number of ether oxygens (including phenoxy) is 1. The maximum Gasteiger partial charge on any atom is 0.311 e. The van der Waals surface area contributed by atoms with Gasteiger partial charge in [0.1, 0.15) is 5.60 Å². The molecule has 2 fully saturated rings. The van der Waals surface area contributed by atoms with Crippen molar-refractivity contribution in [3.05, 3.63) is 70.8 Å². The van der Waals surface area contributed by atoms with Crippen LogP contribution in [0, 0.1) is 25.2 Å². The summed E-state index contributed by atoms with van der Waals surface area (Å²) in [6.45, 7) is 10.1. The van der Waals surface area contributed by atoms with Crippen molar-refractivity contribution in [3.63, 3.8) is 0 Å². The minimum absolute atomic E-state index is 0.237.